The third kappa shape index (κ3) is 4.12. The Morgan fingerprint density at radius 1 is 0.759 bits per heavy atom. The molecule has 2 unspecified atom stereocenters. The summed E-state index contributed by atoms with van der Waals surface area (Å²) in [6.45, 7) is 16.6. The van der Waals surface area contributed by atoms with E-state index in [9.17, 15) is 0 Å². The average Bonchev–Trinajstić information content (AvgIpc) is 2.80. The molecule has 1 aliphatic rings. The minimum atomic E-state index is -2.09. The molecule has 0 amide bonds. The van der Waals surface area contributed by atoms with Gasteiger partial charge in [0.15, 0.2) is 0 Å². The molecule has 0 aliphatic heterocycles. The Bertz CT molecular complexity index is 910. The molecule has 0 nitrogen and oxygen atoms in total. The number of aryl methyl sites for hydroxylation is 1. The molecule has 0 radical (unpaired) electrons. The summed E-state index contributed by atoms with van der Waals surface area (Å²) in [4.78, 5) is 0. The molecule has 2 aromatic carbocycles. The van der Waals surface area contributed by atoms with E-state index in [4.69, 9.17) is 0 Å². The summed E-state index contributed by atoms with van der Waals surface area (Å²) in [5.74, 6) is 0. The summed E-state index contributed by atoms with van der Waals surface area (Å²) in [5.41, 5.74) is 7.41. The van der Waals surface area contributed by atoms with E-state index >= 15 is 0 Å². The topological polar surface area (TPSA) is 0 Å². The summed E-state index contributed by atoms with van der Waals surface area (Å²) in [5, 5.41) is 3.20. The van der Waals surface area contributed by atoms with Gasteiger partial charge in [-0.05, 0) is 0 Å². The number of rotatable bonds is 3. The van der Waals surface area contributed by atoms with E-state index in [-0.39, 0.29) is 42.3 Å². The summed E-state index contributed by atoms with van der Waals surface area (Å²) in [6, 6.07) is 18.2. The first-order valence-electron chi connectivity index (χ1n) is 9.40. The Morgan fingerprint density at radius 3 is 1.79 bits per heavy atom. The van der Waals surface area contributed by atoms with Crippen molar-refractivity contribution in [1.29, 1.82) is 0 Å². The molecule has 0 fully saturated rings. The molecule has 154 valence electrons. The molecule has 5 heteroatoms. The van der Waals surface area contributed by atoms with E-state index < -0.39 is 8.07 Å². The minimum absolute atomic E-state index is 0. The second kappa shape index (κ2) is 10.4. The van der Waals surface area contributed by atoms with Crippen molar-refractivity contribution in [3.05, 3.63) is 80.3 Å². The van der Waals surface area contributed by atoms with Crippen molar-refractivity contribution >= 4 is 18.4 Å². The maximum absolute atomic E-state index is 2.59. The standard InChI is InChI=1S/C24H29Si.3ClH.Ti/c1-17-12-11-15-23(20(17)4)25(7,22-13-9-8-10-14-22)24(6)16-18(2)19(3)21(24)5;;;;/h8-15H,1-7H3;3*1H;/q;;;;+3/p-3. The smallest absolute Gasteiger partial charge is 1.00 e. The van der Waals surface area contributed by atoms with E-state index in [1.807, 2.05) is 0 Å². The van der Waals surface area contributed by atoms with Gasteiger partial charge < -0.3 is 37.2 Å². The van der Waals surface area contributed by atoms with Crippen molar-refractivity contribution in [2.75, 3.05) is 0 Å². The van der Waals surface area contributed by atoms with Crippen LogP contribution in [0.5, 0.6) is 0 Å². The van der Waals surface area contributed by atoms with Crippen molar-refractivity contribution in [1.82, 2.24) is 0 Å². The molecule has 0 spiro atoms. The zero-order valence-corrected chi connectivity index (χ0v) is 23.1. The van der Waals surface area contributed by atoms with Crippen molar-refractivity contribution in [2.45, 2.75) is 53.1 Å². The molecule has 0 N–H and O–H groups in total. The minimum Gasteiger partial charge on any atom is -1.00 e. The van der Waals surface area contributed by atoms with Gasteiger partial charge in [0.2, 0.25) is 0 Å². The van der Waals surface area contributed by atoms with Crippen LogP contribution in [0, 0.1) is 13.8 Å². The Balaban J connectivity index is 0.00000261. The zero-order valence-electron chi connectivity index (χ0n) is 18.3. The van der Waals surface area contributed by atoms with Gasteiger partial charge in [0.1, 0.15) is 0 Å². The molecule has 0 saturated carbocycles. The molecule has 1 aliphatic carbocycles. The van der Waals surface area contributed by atoms with E-state index in [0.717, 1.165) is 0 Å². The molecule has 3 rings (SSSR count). The van der Waals surface area contributed by atoms with Gasteiger partial charge in [-0.1, -0.05) is 0 Å². The third-order valence-electron chi connectivity index (χ3n) is 7.24. The first-order chi connectivity index (χ1) is 12.2. The summed E-state index contributed by atoms with van der Waals surface area (Å²) in [7, 11) is -2.09. The van der Waals surface area contributed by atoms with Crippen LogP contribution in [0.2, 0.25) is 11.6 Å². The quantitative estimate of drug-likeness (QED) is 0.384. The molecular formula is C24H29Cl3SiTi. The molecule has 2 aromatic rings. The van der Waals surface area contributed by atoms with Crippen LogP contribution in [0.3, 0.4) is 0 Å². The second-order valence-electron chi connectivity index (χ2n) is 8.11. The van der Waals surface area contributed by atoms with Gasteiger partial charge in [0.05, 0.1) is 0 Å². The average molecular weight is 500 g/mol. The molecule has 0 bridgehead atoms. The summed E-state index contributed by atoms with van der Waals surface area (Å²) in [6.07, 6.45) is 0. The van der Waals surface area contributed by atoms with E-state index in [1.54, 1.807) is 14.6 Å². The summed E-state index contributed by atoms with van der Waals surface area (Å²) < 4.78 is 1.56. The fraction of sp³-hybridized carbons (Fsp3) is 0.333. The van der Waals surface area contributed by atoms with Crippen LogP contribution in [-0.4, -0.2) is 8.07 Å². The first kappa shape index (κ1) is 28.7. The molecule has 0 aromatic heterocycles. The Kier molecular flexibility index (Phi) is 10.3. The van der Waals surface area contributed by atoms with Crippen molar-refractivity contribution in [3.8, 4) is 0 Å². The van der Waals surface area contributed by atoms with Crippen molar-refractivity contribution in [3.63, 3.8) is 0 Å². The number of allylic oxidation sites excluding steroid dienone is 4. The Hall–Kier alpha value is -0.279. The van der Waals surface area contributed by atoms with Crippen LogP contribution < -0.4 is 47.6 Å². The molecule has 29 heavy (non-hydrogen) atoms. The Morgan fingerprint density at radius 2 is 1.31 bits per heavy atom. The monoisotopic (exact) mass is 498 g/mol. The van der Waals surface area contributed by atoms with Gasteiger partial charge in [0, 0.05) is 0 Å². The summed E-state index contributed by atoms with van der Waals surface area (Å²) >= 11 is 2.37. The van der Waals surface area contributed by atoms with Gasteiger partial charge in [-0.25, -0.2) is 0 Å². The van der Waals surface area contributed by atoms with Gasteiger partial charge >= 0.3 is 172 Å². The number of hydrogen-bond acceptors (Lipinski definition) is 0. The predicted octanol–water partition coefficient (Wildman–Crippen LogP) is -3.56. The second-order valence-corrected chi connectivity index (χ2v) is 13.3. The van der Waals surface area contributed by atoms with Crippen LogP contribution in [-0.2, 0) is 20.4 Å². The normalized spacial score (nSPS) is 20.4. The molecule has 0 heterocycles. The van der Waals surface area contributed by atoms with Crippen LogP contribution >= 0.6 is 0 Å². The Labute approximate surface area is 208 Å². The van der Waals surface area contributed by atoms with Crippen LogP contribution in [0.15, 0.2) is 69.1 Å². The van der Waals surface area contributed by atoms with Gasteiger partial charge in [-0.3, -0.25) is 0 Å². The zero-order chi connectivity index (χ0) is 19.3. The fourth-order valence-corrected chi connectivity index (χ4v) is 11.9. The third-order valence-corrected chi connectivity index (χ3v) is 14.7. The van der Waals surface area contributed by atoms with Gasteiger partial charge in [0.25, 0.3) is 0 Å². The number of halogens is 3. The van der Waals surface area contributed by atoms with Crippen LogP contribution in [0.25, 0.3) is 0 Å². The maximum atomic E-state index is 2.59. The number of hydrogen-bond donors (Lipinski definition) is 0. The van der Waals surface area contributed by atoms with Crippen LogP contribution in [0.4, 0.5) is 0 Å². The molecular weight excluding hydrogens is 471 g/mol. The van der Waals surface area contributed by atoms with Gasteiger partial charge in [-0.2, -0.15) is 0 Å². The fourth-order valence-electron chi connectivity index (χ4n) is 4.81. The predicted molar refractivity (Wildman–Crippen MR) is 113 cm³/mol. The maximum Gasteiger partial charge on any atom is -1.00 e. The first-order valence-corrected chi connectivity index (χ1v) is 12.7. The van der Waals surface area contributed by atoms with Gasteiger partial charge in [-0.15, -0.1) is 0 Å². The number of benzene rings is 2. The largest absolute Gasteiger partial charge is 1.00 e. The van der Waals surface area contributed by atoms with E-state index in [0.29, 0.717) is 0 Å². The van der Waals surface area contributed by atoms with E-state index in [1.165, 1.54) is 27.5 Å². The SMILES string of the molecule is CC1=C(C)C(C)([Si](C)(c2ccccc2)c2cccc(C)c2C)[C]([Ti+3])=C1C.[Cl-].[Cl-].[Cl-]. The van der Waals surface area contributed by atoms with Crippen LogP contribution in [0.1, 0.15) is 38.8 Å². The molecule has 0 saturated heterocycles. The van der Waals surface area contributed by atoms with Crippen molar-refractivity contribution < 1.29 is 57.7 Å². The molecule has 2 atom stereocenters. The van der Waals surface area contributed by atoms with E-state index in [2.05, 4.69) is 117 Å². The van der Waals surface area contributed by atoms with Crippen molar-refractivity contribution in [2.24, 2.45) is 0 Å².